The molecule has 1 aromatic carbocycles. The summed E-state index contributed by atoms with van der Waals surface area (Å²) >= 11 is 0. The van der Waals surface area contributed by atoms with Crippen LogP contribution in [0.25, 0.3) is 11.0 Å². The number of benzene rings is 1. The molecule has 3 atom stereocenters. The van der Waals surface area contributed by atoms with Crippen LogP contribution in [0.15, 0.2) is 28.7 Å². The third-order valence-electron chi connectivity index (χ3n) is 4.57. The fourth-order valence-corrected chi connectivity index (χ4v) is 3.43. The van der Waals surface area contributed by atoms with Gasteiger partial charge in [0.1, 0.15) is 11.3 Å². The van der Waals surface area contributed by atoms with E-state index < -0.39 is 0 Å². The normalized spacial score (nSPS) is 25.6. The van der Waals surface area contributed by atoms with Crippen LogP contribution in [0, 0.1) is 18.8 Å². The van der Waals surface area contributed by atoms with E-state index in [-0.39, 0.29) is 6.04 Å². The van der Waals surface area contributed by atoms with Crippen molar-refractivity contribution in [2.75, 3.05) is 0 Å². The molecular formula is C17H23NO. The quantitative estimate of drug-likeness (QED) is 0.856. The van der Waals surface area contributed by atoms with Gasteiger partial charge in [0.2, 0.25) is 0 Å². The Morgan fingerprint density at radius 2 is 2.16 bits per heavy atom. The highest BCUT2D eigenvalue weighted by Crippen LogP contribution is 2.37. The summed E-state index contributed by atoms with van der Waals surface area (Å²) in [5.74, 6) is 2.34. The number of furan rings is 1. The lowest BCUT2D eigenvalue weighted by Crippen LogP contribution is -2.25. The molecule has 2 N–H and O–H groups in total. The minimum absolute atomic E-state index is 0.0505. The van der Waals surface area contributed by atoms with E-state index in [0.29, 0.717) is 5.92 Å². The highest BCUT2D eigenvalue weighted by Gasteiger charge is 2.27. The third kappa shape index (κ3) is 2.42. The summed E-state index contributed by atoms with van der Waals surface area (Å²) in [5.41, 5.74) is 8.64. The van der Waals surface area contributed by atoms with E-state index in [0.717, 1.165) is 17.3 Å². The van der Waals surface area contributed by atoms with Crippen LogP contribution in [0.2, 0.25) is 0 Å². The molecule has 2 aromatic rings. The van der Waals surface area contributed by atoms with Crippen LogP contribution in [-0.4, -0.2) is 0 Å². The Kier molecular flexibility index (Phi) is 3.36. The summed E-state index contributed by atoms with van der Waals surface area (Å²) in [6.45, 7) is 4.42. The highest BCUT2D eigenvalue weighted by atomic mass is 16.3. The van der Waals surface area contributed by atoms with E-state index in [1.807, 2.05) is 0 Å². The smallest absolute Gasteiger partial charge is 0.137 e. The zero-order chi connectivity index (χ0) is 13.4. The van der Waals surface area contributed by atoms with Gasteiger partial charge in [0.15, 0.2) is 0 Å². The molecule has 2 nitrogen and oxygen atoms in total. The van der Waals surface area contributed by atoms with Crippen molar-refractivity contribution in [1.29, 1.82) is 0 Å². The van der Waals surface area contributed by atoms with Crippen molar-refractivity contribution in [2.24, 2.45) is 17.6 Å². The SMILES string of the molecule is Cc1cccc2cc(C(N)C3CCCC(C)C3)oc12. The lowest BCUT2D eigenvalue weighted by molar-refractivity contribution is 0.233. The summed E-state index contributed by atoms with van der Waals surface area (Å²) in [6, 6.07) is 8.45. The monoisotopic (exact) mass is 257 g/mol. The number of para-hydroxylation sites is 1. The molecule has 2 heteroatoms. The lowest BCUT2D eigenvalue weighted by Gasteiger charge is -2.30. The largest absolute Gasteiger partial charge is 0.459 e. The van der Waals surface area contributed by atoms with Crippen LogP contribution in [0.4, 0.5) is 0 Å². The first-order chi connectivity index (χ1) is 9.15. The van der Waals surface area contributed by atoms with Crippen molar-refractivity contribution >= 4 is 11.0 Å². The Morgan fingerprint density at radius 1 is 1.32 bits per heavy atom. The van der Waals surface area contributed by atoms with Gasteiger partial charge in [0.05, 0.1) is 6.04 Å². The standard InChI is InChI=1S/C17H23NO/c1-11-5-3-7-13(9-11)16(18)15-10-14-8-4-6-12(2)17(14)19-15/h4,6,8,10-11,13,16H,3,5,7,9,18H2,1-2H3. The van der Waals surface area contributed by atoms with Gasteiger partial charge in [-0.1, -0.05) is 38.0 Å². The zero-order valence-corrected chi connectivity index (χ0v) is 11.9. The molecule has 0 amide bonds. The van der Waals surface area contributed by atoms with E-state index in [4.69, 9.17) is 10.2 Å². The maximum Gasteiger partial charge on any atom is 0.137 e. The Hall–Kier alpha value is -1.28. The van der Waals surface area contributed by atoms with Gasteiger partial charge in [0, 0.05) is 5.39 Å². The molecule has 0 spiro atoms. The topological polar surface area (TPSA) is 39.2 Å². The summed E-state index contributed by atoms with van der Waals surface area (Å²) in [7, 11) is 0. The average molecular weight is 257 g/mol. The molecule has 1 aliphatic rings. The van der Waals surface area contributed by atoms with Gasteiger partial charge in [-0.05, 0) is 43.2 Å². The third-order valence-corrected chi connectivity index (χ3v) is 4.57. The Bertz CT molecular complexity index is 572. The molecule has 102 valence electrons. The average Bonchev–Trinajstić information content (AvgIpc) is 2.83. The van der Waals surface area contributed by atoms with Crippen molar-refractivity contribution in [3.63, 3.8) is 0 Å². The van der Waals surface area contributed by atoms with Gasteiger partial charge < -0.3 is 10.2 Å². The molecule has 0 bridgehead atoms. The molecule has 1 saturated carbocycles. The zero-order valence-electron chi connectivity index (χ0n) is 11.9. The van der Waals surface area contributed by atoms with Gasteiger partial charge in [-0.25, -0.2) is 0 Å². The number of hydrogen-bond donors (Lipinski definition) is 1. The number of aryl methyl sites for hydroxylation is 1. The number of nitrogens with two attached hydrogens (primary N) is 1. The molecule has 3 unspecified atom stereocenters. The maximum absolute atomic E-state index is 6.45. The second-order valence-corrected chi connectivity index (χ2v) is 6.20. The molecule has 3 rings (SSSR count). The molecule has 0 saturated heterocycles. The van der Waals surface area contributed by atoms with Gasteiger partial charge in [0.25, 0.3) is 0 Å². The number of hydrogen-bond acceptors (Lipinski definition) is 2. The lowest BCUT2D eigenvalue weighted by atomic mass is 9.78. The van der Waals surface area contributed by atoms with E-state index in [9.17, 15) is 0 Å². The predicted octanol–water partition coefficient (Wildman–Crippen LogP) is 4.57. The van der Waals surface area contributed by atoms with Crippen molar-refractivity contribution in [3.8, 4) is 0 Å². The van der Waals surface area contributed by atoms with Gasteiger partial charge in [-0.2, -0.15) is 0 Å². The predicted molar refractivity (Wildman–Crippen MR) is 79.0 cm³/mol. The number of rotatable bonds is 2. The fraction of sp³-hybridized carbons (Fsp3) is 0.529. The van der Waals surface area contributed by atoms with Crippen molar-refractivity contribution in [2.45, 2.75) is 45.6 Å². The molecule has 0 radical (unpaired) electrons. The van der Waals surface area contributed by atoms with Crippen LogP contribution in [0.5, 0.6) is 0 Å². The van der Waals surface area contributed by atoms with Crippen LogP contribution in [0.1, 0.15) is 50.0 Å². The Morgan fingerprint density at radius 3 is 2.89 bits per heavy atom. The summed E-state index contributed by atoms with van der Waals surface area (Å²) < 4.78 is 6.02. The van der Waals surface area contributed by atoms with Gasteiger partial charge in [-0.15, -0.1) is 0 Å². The minimum atomic E-state index is 0.0505. The first-order valence-electron chi connectivity index (χ1n) is 7.40. The van der Waals surface area contributed by atoms with Crippen molar-refractivity contribution in [3.05, 3.63) is 35.6 Å². The highest BCUT2D eigenvalue weighted by molar-refractivity contribution is 5.81. The van der Waals surface area contributed by atoms with Gasteiger partial charge >= 0.3 is 0 Å². The Balaban J connectivity index is 1.88. The Labute approximate surface area is 115 Å². The number of fused-ring (bicyclic) bond motifs is 1. The van der Waals surface area contributed by atoms with E-state index in [1.165, 1.54) is 36.6 Å². The molecule has 1 fully saturated rings. The first kappa shape index (κ1) is 12.7. The minimum Gasteiger partial charge on any atom is -0.459 e. The van der Waals surface area contributed by atoms with E-state index >= 15 is 0 Å². The molecule has 0 aliphatic heterocycles. The maximum atomic E-state index is 6.45. The van der Waals surface area contributed by atoms with Crippen LogP contribution in [0.3, 0.4) is 0 Å². The first-order valence-corrected chi connectivity index (χ1v) is 7.40. The fourth-order valence-electron chi connectivity index (χ4n) is 3.43. The molecule has 1 aliphatic carbocycles. The molecule has 1 heterocycles. The van der Waals surface area contributed by atoms with Gasteiger partial charge in [-0.3, -0.25) is 0 Å². The molecule has 19 heavy (non-hydrogen) atoms. The summed E-state index contributed by atoms with van der Waals surface area (Å²) in [4.78, 5) is 0. The van der Waals surface area contributed by atoms with E-state index in [2.05, 4.69) is 38.1 Å². The summed E-state index contributed by atoms with van der Waals surface area (Å²) in [6.07, 6.45) is 5.12. The second kappa shape index (κ2) is 5.01. The van der Waals surface area contributed by atoms with Crippen molar-refractivity contribution < 1.29 is 4.42 Å². The second-order valence-electron chi connectivity index (χ2n) is 6.20. The molecular weight excluding hydrogens is 234 g/mol. The summed E-state index contributed by atoms with van der Waals surface area (Å²) in [5, 5.41) is 1.18. The van der Waals surface area contributed by atoms with Crippen LogP contribution in [-0.2, 0) is 0 Å². The molecule has 1 aromatic heterocycles. The van der Waals surface area contributed by atoms with Crippen molar-refractivity contribution in [1.82, 2.24) is 0 Å². The van der Waals surface area contributed by atoms with E-state index in [1.54, 1.807) is 0 Å². The van der Waals surface area contributed by atoms with Crippen LogP contribution < -0.4 is 5.73 Å². The van der Waals surface area contributed by atoms with Crippen LogP contribution >= 0.6 is 0 Å².